The molecule has 1 saturated heterocycles. The Morgan fingerprint density at radius 3 is 2.20 bits per heavy atom. The lowest BCUT2D eigenvalue weighted by Crippen LogP contribution is -2.47. The van der Waals surface area contributed by atoms with Crippen molar-refractivity contribution in [2.24, 2.45) is 17.6 Å². The summed E-state index contributed by atoms with van der Waals surface area (Å²) in [6.07, 6.45) is 11.3. The van der Waals surface area contributed by atoms with E-state index in [1.807, 2.05) is 0 Å². The summed E-state index contributed by atoms with van der Waals surface area (Å²) in [6, 6.07) is 0.651. The molecule has 2 fully saturated rings. The van der Waals surface area contributed by atoms with Crippen molar-refractivity contribution < 1.29 is 0 Å². The fraction of sp³-hybridized carbons (Fsp3) is 1.00. The molecule has 0 radical (unpaired) electrons. The number of rotatable bonds is 6. The molecule has 0 spiro atoms. The molecule has 1 atom stereocenters. The molecule has 1 aliphatic carbocycles. The van der Waals surface area contributed by atoms with Crippen LogP contribution in [0, 0.1) is 11.8 Å². The van der Waals surface area contributed by atoms with Crippen LogP contribution in [0.3, 0.4) is 0 Å². The van der Waals surface area contributed by atoms with Gasteiger partial charge in [0.15, 0.2) is 0 Å². The average Bonchev–Trinajstić information content (AvgIpc) is 2.46. The monoisotopic (exact) mass is 281 g/mol. The number of nitrogens with zero attached hydrogens (tertiary/aromatic N) is 2. The van der Waals surface area contributed by atoms with E-state index in [-0.39, 0.29) is 0 Å². The zero-order chi connectivity index (χ0) is 14.4. The van der Waals surface area contributed by atoms with Gasteiger partial charge in [0, 0.05) is 19.1 Å². The van der Waals surface area contributed by atoms with Gasteiger partial charge in [0.05, 0.1) is 0 Å². The Morgan fingerprint density at radius 2 is 1.65 bits per heavy atom. The average molecular weight is 281 g/mol. The molecule has 1 aliphatic heterocycles. The SMILES string of the molecule is CN(C)CC1CCN(C(CN)CC2CCCCC2)CC1. The summed E-state index contributed by atoms with van der Waals surface area (Å²) >= 11 is 0. The van der Waals surface area contributed by atoms with E-state index in [0.29, 0.717) is 6.04 Å². The molecule has 0 aromatic carbocycles. The summed E-state index contributed by atoms with van der Waals surface area (Å²) in [5.41, 5.74) is 6.09. The Bertz CT molecular complexity index is 253. The standard InChI is InChI=1S/C17H35N3/c1-19(2)14-16-8-10-20(11-9-16)17(13-18)12-15-6-4-3-5-7-15/h15-17H,3-14,18H2,1-2H3. The zero-order valence-electron chi connectivity index (χ0n) is 13.7. The molecule has 3 nitrogen and oxygen atoms in total. The van der Waals surface area contributed by atoms with Gasteiger partial charge in [-0.1, -0.05) is 32.1 Å². The minimum atomic E-state index is 0.651. The van der Waals surface area contributed by atoms with E-state index in [2.05, 4.69) is 23.9 Å². The molecule has 0 bridgehead atoms. The van der Waals surface area contributed by atoms with Crippen LogP contribution < -0.4 is 5.73 Å². The van der Waals surface area contributed by atoms with E-state index in [1.165, 1.54) is 71.0 Å². The quantitative estimate of drug-likeness (QED) is 0.812. The van der Waals surface area contributed by atoms with Crippen LogP contribution in [-0.4, -0.2) is 56.1 Å². The molecular weight excluding hydrogens is 246 g/mol. The van der Waals surface area contributed by atoms with Crippen molar-refractivity contribution in [3.63, 3.8) is 0 Å². The van der Waals surface area contributed by atoms with E-state index in [1.54, 1.807) is 0 Å². The van der Waals surface area contributed by atoms with Gasteiger partial charge in [0.1, 0.15) is 0 Å². The Labute approximate surface area is 125 Å². The minimum Gasteiger partial charge on any atom is -0.329 e. The topological polar surface area (TPSA) is 32.5 Å². The van der Waals surface area contributed by atoms with Crippen LogP contribution in [0.25, 0.3) is 0 Å². The molecule has 118 valence electrons. The van der Waals surface area contributed by atoms with E-state index < -0.39 is 0 Å². The summed E-state index contributed by atoms with van der Waals surface area (Å²) in [5, 5.41) is 0. The summed E-state index contributed by atoms with van der Waals surface area (Å²) in [7, 11) is 4.39. The summed E-state index contributed by atoms with van der Waals surface area (Å²) in [6.45, 7) is 4.65. The first-order chi connectivity index (χ1) is 9.69. The molecule has 0 amide bonds. The second kappa shape index (κ2) is 8.35. The number of hydrogen-bond acceptors (Lipinski definition) is 3. The van der Waals surface area contributed by atoms with Gasteiger partial charge in [0.2, 0.25) is 0 Å². The molecule has 3 heteroatoms. The highest BCUT2D eigenvalue weighted by Gasteiger charge is 2.27. The van der Waals surface area contributed by atoms with Crippen molar-refractivity contribution in [2.45, 2.75) is 57.4 Å². The summed E-state index contributed by atoms with van der Waals surface area (Å²) < 4.78 is 0. The predicted molar refractivity (Wildman–Crippen MR) is 86.9 cm³/mol. The van der Waals surface area contributed by atoms with Gasteiger partial charge >= 0.3 is 0 Å². The number of hydrogen-bond donors (Lipinski definition) is 1. The highest BCUT2D eigenvalue weighted by atomic mass is 15.2. The van der Waals surface area contributed by atoms with Crippen molar-refractivity contribution in [2.75, 3.05) is 40.3 Å². The third-order valence-corrected chi connectivity index (χ3v) is 5.39. The molecule has 0 aromatic heterocycles. The molecular formula is C17H35N3. The van der Waals surface area contributed by atoms with Crippen molar-refractivity contribution in [1.82, 2.24) is 9.80 Å². The Kier molecular flexibility index (Phi) is 6.79. The van der Waals surface area contributed by atoms with Gasteiger partial charge in [0.25, 0.3) is 0 Å². The van der Waals surface area contributed by atoms with Crippen molar-refractivity contribution in [3.05, 3.63) is 0 Å². The van der Waals surface area contributed by atoms with Crippen LogP contribution >= 0.6 is 0 Å². The maximum Gasteiger partial charge on any atom is 0.0221 e. The largest absolute Gasteiger partial charge is 0.329 e. The zero-order valence-corrected chi connectivity index (χ0v) is 13.7. The minimum absolute atomic E-state index is 0.651. The first kappa shape index (κ1) is 16.3. The van der Waals surface area contributed by atoms with Crippen LogP contribution in [0.5, 0.6) is 0 Å². The van der Waals surface area contributed by atoms with Crippen molar-refractivity contribution >= 4 is 0 Å². The first-order valence-electron chi connectivity index (χ1n) is 8.78. The lowest BCUT2D eigenvalue weighted by Gasteiger charge is -2.39. The fourth-order valence-corrected chi connectivity index (χ4v) is 4.22. The first-order valence-corrected chi connectivity index (χ1v) is 8.78. The van der Waals surface area contributed by atoms with Gasteiger partial charge in [-0.3, -0.25) is 4.90 Å². The second-order valence-electron chi connectivity index (χ2n) is 7.37. The third kappa shape index (κ3) is 5.01. The molecule has 1 unspecified atom stereocenters. The smallest absolute Gasteiger partial charge is 0.0221 e. The normalized spacial score (nSPS) is 25.2. The lowest BCUT2D eigenvalue weighted by atomic mass is 9.84. The van der Waals surface area contributed by atoms with Crippen molar-refractivity contribution in [1.29, 1.82) is 0 Å². The van der Waals surface area contributed by atoms with Gasteiger partial charge in [-0.15, -0.1) is 0 Å². The van der Waals surface area contributed by atoms with E-state index in [9.17, 15) is 0 Å². The molecule has 20 heavy (non-hydrogen) atoms. The number of nitrogens with two attached hydrogens (primary N) is 1. The van der Waals surface area contributed by atoms with Gasteiger partial charge < -0.3 is 10.6 Å². The van der Waals surface area contributed by atoms with Crippen LogP contribution in [0.15, 0.2) is 0 Å². The maximum absolute atomic E-state index is 6.09. The van der Waals surface area contributed by atoms with E-state index >= 15 is 0 Å². The Balaban J connectivity index is 1.74. The van der Waals surface area contributed by atoms with Gasteiger partial charge in [-0.2, -0.15) is 0 Å². The molecule has 1 heterocycles. The van der Waals surface area contributed by atoms with Gasteiger partial charge in [-0.05, 0) is 58.3 Å². The third-order valence-electron chi connectivity index (χ3n) is 5.39. The fourth-order valence-electron chi connectivity index (χ4n) is 4.22. The maximum atomic E-state index is 6.09. The Hall–Kier alpha value is -0.120. The van der Waals surface area contributed by atoms with Crippen LogP contribution in [0.2, 0.25) is 0 Å². The predicted octanol–water partition coefficient (Wildman–Crippen LogP) is 2.56. The highest BCUT2D eigenvalue weighted by molar-refractivity contribution is 4.82. The van der Waals surface area contributed by atoms with Crippen molar-refractivity contribution in [3.8, 4) is 0 Å². The molecule has 2 N–H and O–H groups in total. The van der Waals surface area contributed by atoms with E-state index in [4.69, 9.17) is 5.73 Å². The van der Waals surface area contributed by atoms with Crippen LogP contribution in [-0.2, 0) is 0 Å². The number of piperidine rings is 1. The van der Waals surface area contributed by atoms with Gasteiger partial charge in [-0.25, -0.2) is 0 Å². The van der Waals surface area contributed by atoms with E-state index in [0.717, 1.165) is 18.4 Å². The summed E-state index contributed by atoms with van der Waals surface area (Å²) in [4.78, 5) is 5.03. The molecule has 0 aromatic rings. The second-order valence-corrected chi connectivity index (χ2v) is 7.37. The molecule has 2 rings (SSSR count). The molecule has 1 saturated carbocycles. The number of likely N-dealkylation sites (tertiary alicyclic amines) is 1. The Morgan fingerprint density at radius 1 is 1.00 bits per heavy atom. The van der Waals surface area contributed by atoms with Crippen LogP contribution in [0.4, 0.5) is 0 Å². The lowest BCUT2D eigenvalue weighted by molar-refractivity contribution is 0.103. The highest BCUT2D eigenvalue weighted by Crippen LogP contribution is 2.29. The molecule has 2 aliphatic rings. The summed E-state index contributed by atoms with van der Waals surface area (Å²) in [5.74, 6) is 1.85. The van der Waals surface area contributed by atoms with Crippen LogP contribution in [0.1, 0.15) is 51.4 Å².